The Labute approximate surface area is 117 Å². The van der Waals surface area contributed by atoms with Gasteiger partial charge in [0.25, 0.3) is 0 Å². The maximum Gasteiger partial charge on any atom is 0.240 e. The number of hydrogen-bond acceptors (Lipinski definition) is 5. The first-order chi connectivity index (χ1) is 9.36. The summed E-state index contributed by atoms with van der Waals surface area (Å²) in [5, 5.41) is 9.57. The van der Waals surface area contributed by atoms with Crippen LogP contribution in [0.4, 0.5) is 5.69 Å². The van der Waals surface area contributed by atoms with Crippen LogP contribution in [0.3, 0.4) is 0 Å². The van der Waals surface area contributed by atoms with Gasteiger partial charge in [-0.2, -0.15) is 5.10 Å². The second kappa shape index (κ2) is 5.22. The van der Waals surface area contributed by atoms with E-state index in [2.05, 4.69) is 10.1 Å². The second-order valence-electron chi connectivity index (χ2n) is 4.34. The highest BCUT2D eigenvalue weighted by Gasteiger charge is 2.19. The standard InChI is InChI=1S/C12H17N5O2S/c1-3-11-15-12(4-2)17(16-11)9-6-5-8(13)7-10(9)20(14,18)19/h5-7H,3-4,13H2,1-2H3,(H2,14,18,19). The predicted molar refractivity (Wildman–Crippen MR) is 75.9 cm³/mol. The van der Waals surface area contributed by atoms with Crippen molar-refractivity contribution in [3.8, 4) is 5.69 Å². The van der Waals surface area contributed by atoms with E-state index in [-0.39, 0.29) is 4.90 Å². The third-order valence-corrected chi connectivity index (χ3v) is 3.81. The zero-order chi connectivity index (χ0) is 14.9. The number of benzene rings is 1. The fraction of sp³-hybridized carbons (Fsp3) is 0.333. The van der Waals surface area contributed by atoms with Gasteiger partial charge in [0.05, 0.1) is 5.69 Å². The molecule has 0 spiro atoms. The topological polar surface area (TPSA) is 117 Å². The van der Waals surface area contributed by atoms with Crippen LogP contribution in [0.5, 0.6) is 0 Å². The zero-order valence-electron chi connectivity index (χ0n) is 11.4. The van der Waals surface area contributed by atoms with Gasteiger partial charge in [-0.15, -0.1) is 0 Å². The lowest BCUT2D eigenvalue weighted by Gasteiger charge is -2.10. The summed E-state index contributed by atoms with van der Waals surface area (Å²) in [5.41, 5.74) is 6.33. The summed E-state index contributed by atoms with van der Waals surface area (Å²) in [6.07, 6.45) is 1.29. The summed E-state index contributed by atoms with van der Waals surface area (Å²) < 4.78 is 24.9. The molecular weight excluding hydrogens is 278 g/mol. The van der Waals surface area contributed by atoms with E-state index in [0.717, 1.165) is 0 Å². The molecule has 1 aromatic heterocycles. The molecule has 0 aliphatic heterocycles. The molecule has 0 amide bonds. The Kier molecular flexibility index (Phi) is 3.78. The van der Waals surface area contributed by atoms with E-state index in [4.69, 9.17) is 10.9 Å². The first-order valence-corrected chi connectivity index (χ1v) is 7.79. The summed E-state index contributed by atoms with van der Waals surface area (Å²) >= 11 is 0. The molecule has 0 fully saturated rings. The van der Waals surface area contributed by atoms with Crippen LogP contribution in [0.15, 0.2) is 23.1 Å². The van der Waals surface area contributed by atoms with Crippen LogP contribution in [-0.2, 0) is 22.9 Å². The summed E-state index contributed by atoms with van der Waals surface area (Å²) in [7, 11) is -3.90. The molecule has 2 rings (SSSR count). The van der Waals surface area contributed by atoms with Crippen molar-refractivity contribution in [2.45, 2.75) is 31.6 Å². The molecule has 0 atom stereocenters. The Bertz CT molecular complexity index is 736. The average molecular weight is 295 g/mol. The van der Waals surface area contributed by atoms with E-state index in [1.807, 2.05) is 13.8 Å². The highest BCUT2D eigenvalue weighted by Crippen LogP contribution is 2.22. The van der Waals surface area contributed by atoms with E-state index in [0.29, 0.717) is 35.9 Å². The molecule has 0 saturated carbocycles. The third kappa shape index (κ3) is 2.66. The monoisotopic (exact) mass is 295 g/mol. The molecule has 20 heavy (non-hydrogen) atoms. The number of primary sulfonamides is 1. The maximum absolute atomic E-state index is 11.7. The molecule has 108 valence electrons. The number of aromatic nitrogens is 3. The minimum Gasteiger partial charge on any atom is -0.399 e. The van der Waals surface area contributed by atoms with Crippen molar-refractivity contribution in [1.29, 1.82) is 0 Å². The van der Waals surface area contributed by atoms with E-state index < -0.39 is 10.0 Å². The fourth-order valence-corrected chi connectivity index (χ4v) is 2.64. The summed E-state index contributed by atoms with van der Waals surface area (Å²) in [6.45, 7) is 3.86. The van der Waals surface area contributed by atoms with Crippen molar-refractivity contribution >= 4 is 15.7 Å². The van der Waals surface area contributed by atoms with Crippen molar-refractivity contribution in [2.24, 2.45) is 5.14 Å². The lowest BCUT2D eigenvalue weighted by molar-refractivity contribution is 0.596. The van der Waals surface area contributed by atoms with Crippen molar-refractivity contribution in [1.82, 2.24) is 14.8 Å². The molecular formula is C12H17N5O2S. The number of nitrogens with two attached hydrogens (primary N) is 2. The largest absolute Gasteiger partial charge is 0.399 e. The third-order valence-electron chi connectivity index (χ3n) is 2.87. The Hall–Kier alpha value is -1.93. The Morgan fingerprint density at radius 1 is 1.25 bits per heavy atom. The van der Waals surface area contributed by atoms with Gasteiger partial charge < -0.3 is 5.73 Å². The molecule has 1 heterocycles. The summed E-state index contributed by atoms with van der Waals surface area (Å²) in [4.78, 5) is 4.30. The summed E-state index contributed by atoms with van der Waals surface area (Å²) in [6, 6.07) is 4.52. The number of anilines is 1. The molecule has 0 saturated heterocycles. The van der Waals surface area contributed by atoms with Gasteiger partial charge in [0, 0.05) is 18.5 Å². The molecule has 0 aliphatic rings. The lowest BCUT2D eigenvalue weighted by Crippen LogP contribution is -2.17. The number of sulfonamides is 1. The second-order valence-corrected chi connectivity index (χ2v) is 5.87. The van der Waals surface area contributed by atoms with Crippen LogP contribution in [0, 0.1) is 0 Å². The lowest BCUT2D eigenvalue weighted by atomic mass is 10.3. The van der Waals surface area contributed by atoms with Gasteiger partial charge in [-0.3, -0.25) is 0 Å². The normalized spacial score (nSPS) is 11.8. The van der Waals surface area contributed by atoms with E-state index in [1.165, 1.54) is 10.7 Å². The molecule has 0 radical (unpaired) electrons. The van der Waals surface area contributed by atoms with E-state index >= 15 is 0 Å². The molecule has 2 aromatic rings. The van der Waals surface area contributed by atoms with Crippen LogP contribution < -0.4 is 10.9 Å². The molecule has 1 aromatic carbocycles. The van der Waals surface area contributed by atoms with Crippen molar-refractivity contribution in [3.05, 3.63) is 29.8 Å². The van der Waals surface area contributed by atoms with Crippen molar-refractivity contribution < 1.29 is 8.42 Å². The molecule has 7 nitrogen and oxygen atoms in total. The van der Waals surface area contributed by atoms with Crippen LogP contribution in [0.25, 0.3) is 5.69 Å². The van der Waals surface area contributed by atoms with Gasteiger partial charge in [-0.25, -0.2) is 23.2 Å². The number of rotatable bonds is 4. The molecule has 0 unspecified atom stereocenters. The Morgan fingerprint density at radius 3 is 2.50 bits per heavy atom. The van der Waals surface area contributed by atoms with Gasteiger partial charge in [0.2, 0.25) is 10.0 Å². The minimum absolute atomic E-state index is 0.0558. The van der Waals surface area contributed by atoms with Gasteiger partial charge in [0.1, 0.15) is 10.7 Å². The highest BCUT2D eigenvalue weighted by molar-refractivity contribution is 7.89. The van der Waals surface area contributed by atoms with Gasteiger partial charge in [0.15, 0.2) is 5.82 Å². The van der Waals surface area contributed by atoms with Gasteiger partial charge in [-0.1, -0.05) is 13.8 Å². The summed E-state index contributed by atoms with van der Waals surface area (Å²) in [5.74, 6) is 1.33. The molecule has 8 heteroatoms. The predicted octanol–water partition coefficient (Wildman–Crippen LogP) is 0.622. The SMILES string of the molecule is CCc1nc(CC)n(-c2ccc(N)cc2S(N)(=O)=O)n1. The minimum atomic E-state index is -3.90. The van der Waals surface area contributed by atoms with Crippen LogP contribution >= 0.6 is 0 Å². The van der Waals surface area contributed by atoms with E-state index in [1.54, 1.807) is 12.1 Å². The van der Waals surface area contributed by atoms with Crippen LogP contribution in [0.2, 0.25) is 0 Å². The van der Waals surface area contributed by atoms with Crippen LogP contribution in [0.1, 0.15) is 25.5 Å². The van der Waals surface area contributed by atoms with E-state index in [9.17, 15) is 8.42 Å². The zero-order valence-corrected chi connectivity index (χ0v) is 12.2. The van der Waals surface area contributed by atoms with Crippen LogP contribution in [-0.4, -0.2) is 23.2 Å². The first kappa shape index (κ1) is 14.5. The number of nitrogen functional groups attached to an aromatic ring is 1. The Morgan fingerprint density at radius 2 is 1.95 bits per heavy atom. The van der Waals surface area contributed by atoms with Gasteiger partial charge >= 0.3 is 0 Å². The van der Waals surface area contributed by atoms with Gasteiger partial charge in [-0.05, 0) is 18.2 Å². The number of hydrogen-bond donors (Lipinski definition) is 2. The van der Waals surface area contributed by atoms with Crippen molar-refractivity contribution in [2.75, 3.05) is 5.73 Å². The highest BCUT2D eigenvalue weighted by atomic mass is 32.2. The number of aryl methyl sites for hydroxylation is 2. The quantitative estimate of drug-likeness (QED) is 0.802. The smallest absolute Gasteiger partial charge is 0.240 e. The average Bonchev–Trinajstić information content (AvgIpc) is 2.81. The molecule has 4 N–H and O–H groups in total. The van der Waals surface area contributed by atoms with Crippen molar-refractivity contribution in [3.63, 3.8) is 0 Å². The Balaban J connectivity index is 2.73. The molecule has 0 aliphatic carbocycles. The maximum atomic E-state index is 11.7. The number of nitrogens with zero attached hydrogens (tertiary/aromatic N) is 3. The first-order valence-electron chi connectivity index (χ1n) is 6.24. The molecule has 0 bridgehead atoms. The fourth-order valence-electron chi connectivity index (χ4n) is 1.90.